The standard InChI is InChI=1S/C22H31N3O2S/c1-24-17-21(22(23-24)18-11-5-2-6-12-18)28(26,27)25(19-13-7-3-8-14-19)20-15-9-4-10-16-20/h2,5-6,11-12,17,19-20H,3-4,7-10,13-16H2,1H3. The summed E-state index contributed by atoms with van der Waals surface area (Å²) in [4.78, 5) is 0.359. The van der Waals surface area contributed by atoms with Crippen LogP contribution >= 0.6 is 0 Å². The maximum atomic E-state index is 14.0. The SMILES string of the molecule is Cn1cc(S(=O)(=O)N(C2CCCCC2)C2CCCCC2)c(-c2ccccc2)n1. The first-order valence-electron chi connectivity index (χ1n) is 10.7. The van der Waals surface area contributed by atoms with E-state index in [9.17, 15) is 8.42 Å². The predicted octanol–water partition coefficient (Wildman–Crippen LogP) is 4.74. The van der Waals surface area contributed by atoms with Crippen LogP contribution in [0.5, 0.6) is 0 Å². The third-order valence-electron chi connectivity index (χ3n) is 6.27. The summed E-state index contributed by atoms with van der Waals surface area (Å²) >= 11 is 0. The molecule has 5 nitrogen and oxygen atoms in total. The van der Waals surface area contributed by atoms with E-state index in [4.69, 9.17) is 0 Å². The van der Waals surface area contributed by atoms with E-state index in [1.54, 1.807) is 17.9 Å². The number of benzene rings is 1. The molecule has 2 aliphatic carbocycles. The maximum Gasteiger partial charge on any atom is 0.247 e. The van der Waals surface area contributed by atoms with Gasteiger partial charge in [-0.3, -0.25) is 4.68 Å². The Morgan fingerprint density at radius 1 is 0.893 bits per heavy atom. The molecule has 4 rings (SSSR count). The number of aryl methyl sites for hydroxylation is 1. The lowest BCUT2D eigenvalue weighted by Gasteiger charge is -2.40. The van der Waals surface area contributed by atoms with Crippen LogP contribution in [0, 0.1) is 0 Å². The fourth-order valence-electron chi connectivity index (χ4n) is 4.93. The minimum absolute atomic E-state index is 0.130. The van der Waals surface area contributed by atoms with Crippen molar-refractivity contribution in [1.29, 1.82) is 0 Å². The van der Waals surface area contributed by atoms with Crippen LogP contribution in [0.1, 0.15) is 64.2 Å². The molecule has 2 aromatic rings. The Bertz CT molecular complexity index is 862. The molecule has 0 saturated heterocycles. The maximum absolute atomic E-state index is 14.0. The van der Waals surface area contributed by atoms with Gasteiger partial charge in [-0.25, -0.2) is 8.42 Å². The van der Waals surface area contributed by atoms with Gasteiger partial charge >= 0.3 is 0 Å². The molecule has 1 heterocycles. The van der Waals surface area contributed by atoms with E-state index < -0.39 is 10.0 Å². The van der Waals surface area contributed by atoms with E-state index in [2.05, 4.69) is 5.10 Å². The molecule has 1 aromatic carbocycles. The first kappa shape index (κ1) is 19.6. The van der Waals surface area contributed by atoms with Gasteiger partial charge in [-0.15, -0.1) is 0 Å². The molecule has 1 aromatic heterocycles. The quantitative estimate of drug-likeness (QED) is 0.727. The van der Waals surface area contributed by atoms with Crippen LogP contribution < -0.4 is 0 Å². The second-order valence-corrected chi connectivity index (χ2v) is 10.1. The Morgan fingerprint density at radius 2 is 1.43 bits per heavy atom. The molecule has 152 valence electrons. The molecule has 0 spiro atoms. The lowest BCUT2D eigenvalue weighted by Crippen LogP contribution is -2.48. The first-order valence-corrected chi connectivity index (χ1v) is 12.1. The van der Waals surface area contributed by atoms with Crippen molar-refractivity contribution in [1.82, 2.24) is 14.1 Å². The largest absolute Gasteiger partial charge is 0.274 e. The van der Waals surface area contributed by atoms with Crippen LogP contribution in [-0.4, -0.2) is 34.6 Å². The predicted molar refractivity (Wildman–Crippen MR) is 111 cm³/mol. The molecule has 0 atom stereocenters. The third kappa shape index (κ3) is 3.90. The smallest absolute Gasteiger partial charge is 0.247 e. The van der Waals surface area contributed by atoms with Gasteiger partial charge in [-0.2, -0.15) is 9.40 Å². The van der Waals surface area contributed by atoms with E-state index in [0.29, 0.717) is 10.6 Å². The minimum Gasteiger partial charge on any atom is -0.274 e. The van der Waals surface area contributed by atoms with E-state index in [-0.39, 0.29) is 12.1 Å². The van der Waals surface area contributed by atoms with Gasteiger partial charge in [0.2, 0.25) is 10.0 Å². The zero-order chi connectivity index (χ0) is 19.6. The van der Waals surface area contributed by atoms with Gasteiger partial charge in [0.25, 0.3) is 0 Å². The molecule has 2 aliphatic rings. The molecule has 0 N–H and O–H groups in total. The molecular formula is C22H31N3O2S. The van der Waals surface area contributed by atoms with E-state index in [0.717, 1.165) is 56.9 Å². The number of nitrogens with zero attached hydrogens (tertiary/aromatic N) is 3. The molecule has 0 radical (unpaired) electrons. The molecule has 2 fully saturated rings. The van der Waals surface area contributed by atoms with Gasteiger partial charge in [-0.05, 0) is 25.7 Å². The second-order valence-electron chi connectivity index (χ2n) is 8.30. The summed E-state index contributed by atoms with van der Waals surface area (Å²) in [5.74, 6) is 0. The number of aromatic nitrogens is 2. The molecule has 0 unspecified atom stereocenters. The fraction of sp³-hybridized carbons (Fsp3) is 0.591. The van der Waals surface area contributed by atoms with E-state index in [1.807, 2.05) is 34.6 Å². The lowest BCUT2D eigenvalue weighted by atomic mass is 9.91. The molecular weight excluding hydrogens is 370 g/mol. The van der Waals surface area contributed by atoms with Crippen LogP contribution in [0.3, 0.4) is 0 Å². The average molecular weight is 402 g/mol. The Labute approximate surface area is 168 Å². The molecule has 28 heavy (non-hydrogen) atoms. The van der Waals surface area contributed by atoms with Crippen LogP contribution in [0.4, 0.5) is 0 Å². The summed E-state index contributed by atoms with van der Waals surface area (Å²) in [5, 5.41) is 4.53. The highest BCUT2D eigenvalue weighted by Crippen LogP contribution is 2.37. The van der Waals surface area contributed by atoms with Gasteiger partial charge in [0.15, 0.2) is 0 Å². The highest BCUT2D eigenvalue weighted by Gasteiger charge is 2.40. The third-order valence-corrected chi connectivity index (χ3v) is 8.27. The summed E-state index contributed by atoms with van der Waals surface area (Å²) in [5.41, 5.74) is 1.42. The first-order chi connectivity index (χ1) is 13.6. The van der Waals surface area contributed by atoms with Crippen molar-refractivity contribution in [3.63, 3.8) is 0 Å². The van der Waals surface area contributed by atoms with Crippen LogP contribution in [0.15, 0.2) is 41.4 Å². The van der Waals surface area contributed by atoms with Crippen molar-refractivity contribution in [2.75, 3.05) is 0 Å². The summed E-state index contributed by atoms with van der Waals surface area (Å²) in [7, 11) is -1.81. The number of hydrogen-bond acceptors (Lipinski definition) is 3. The highest BCUT2D eigenvalue weighted by molar-refractivity contribution is 7.89. The summed E-state index contributed by atoms with van der Waals surface area (Å²) in [6.45, 7) is 0. The van der Waals surface area contributed by atoms with E-state index >= 15 is 0 Å². The molecule has 0 amide bonds. The van der Waals surface area contributed by atoms with Gasteiger partial charge in [-0.1, -0.05) is 68.9 Å². The zero-order valence-electron chi connectivity index (χ0n) is 16.8. The average Bonchev–Trinajstić information content (AvgIpc) is 3.13. The van der Waals surface area contributed by atoms with Gasteiger partial charge < -0.3 is 0 Å². The Balaban J connectivity index is 1.77. The molecule has 6 heteroatoms. The monoisotopic (exact) mass is 401 g/mol. The van der Waals surface area contributed by atoms with Crippen molar-refractivity contribution < 1.29 is 8.42 Å². The topological polar surface area (TPSA) is 55.2 Å². The Hall–Kier alpha value is -1.66. The van der Waals surface area contributed by atoms with Crippen molar-refractivity contribution in [2.45, 2.75) is 81.2 Å². The van der Waals surface area contributed by atoms with E-state index in [1.165, 1.54) is 12.8 Å². The van der Waals surface area contributed by atoms with Gasteiger partial charge in [0.1, 0.15) is 10.6 Å². The zero-order valence-corrected chi connectivity index (χ0v) is 17.6. The summed E-state index contributed by atoms with van der Waals surface area (Å²) < 4.78 is 31.6. The van der Waals surface area contributed by atoms with Crippen LogP contribution in [0.25, 0.3) is 11.3 Å². The number of rotatable bonds is 5. The van der Waals surface area contributed by atoms with Gasteiger partial charge in [0, 0.05) is 30.9 Å². The number of hydrogen-bond donors (Lipinski definition) is 0. The molecule has 2 saturated carbocycles. The van der Waals surface area contributed by atoms with Crippen molar-refractivity contribution in [3.8, 4) is 11.3 Å². The van der Waals surface area contributed by atoms with Crippen molar-refractivity contribution in [3.05, 3.63) is 36.5 Å². The Morgan fingerprint density at radius 3 is 1.96 bits per heavy atom. The van der Waals surface area contributed by atoms with Gasteiger partial charge in [0.05, 0.1) is 0 Å². The normalized spacial score (nSPS) is 19.9. The lowest BCUT2D eigenvalue weighted by molar-refractivity contribution is 0.170. The highest BCUT2D eigenvalue weighted by atomic mass is 32.2. The molecule has 0 bridgehead atoms. The van der Waals surface area contributed by atoms with Crippen LogP contribution in [0.2, 0.25) is 0 Å². The number of sulfonamides is 1. The minimum atomic E-state index is -3.61. The molecule has 0 aliphatic heterocycles. The second kappa shape index (κ2) is 8.37. The Kier molecular flexibility index (Phi) is 5.88. The summed E-state index contributed by atoms with van der Waals surface area (Å²) in [6.07, 6.45) is 12.6. The fourth-order valence-corrected chi connectivity index (χ4v) is 7.05. The summed E-state index contributed by atoms with van der Waals surface area (Å²) in [6, 6.07) is 9.94. The van der Waals surface area contributed by atoms with Crippen molar-refractivity contribution in [2.24, 2.45) is 7.05 Å². The van der Waals surface area contributed by atoms with Crippen molar-refractivity contribution >= 4 is 10.0 Å². The van der Waals surface area contributed by atoms with Crippen LogP contribution in [-0.2, 0) is 17.1 Å².